The van der Waals surface area contributed by atoms with E-state index in [0.717, 1.165) is 25.3 Å². The molecule has 0 aromatic carbocycles. The first-order chi connectivity index (χ1) is 5.84. The molecule has 1 aromatic heterocycles. The first-order valence-electron chi connectivity index (χ1n) is 4.11. The van der Waals surface area contributed by atoms with Gasteiger partial charge in [-0.1, -0.05) is 0 Å². The maximum Gasteiger partial charge on any atom is 0.295 e. The number of ether oxygens (including phenoxy) is 1. The van der Waals surface area contributed by atoms with Gasteiger partial charge in [-0.15, -0.1) is 0 Å². The molecule has 1 aliphatic heterocycles. The van der Waals surface area contributed by atoms with Crippen molar-refractivity contribution in [2.45, 2.75) is 19.4 Å². The first-order valence-corrected chi connectivity index (χ1v) is 4.11. The van der Waals surface area contributed by atoms with Crippen LogP contribution in [0.5, 0.6) is 0 Å². The monoisotopic (exact) mass is 168 g/mol. The minimum absolute atomic E-state index is 0.364. The number of aryl methyl sites for hydroxylation is 1. The van der Waals surface area contributed by atoms with Crippen LogP contribution in [0.2, 0.25) is 0 Å². The van der Waals surface area contributed by atoms with Gasteiger partial charge in [-0.25, -0.2) is 0 Å². The molecule has 1 atom stereocenters. The lowest BCUT2D eigenvalue weighted by Crippen LogP contribution is -2.18. The van der Waals surface area contributed by atoms with Crippen molar-refractivity contribution in [2.75, 3.05) is 18.5 Å². The predicted molar refractivity (Wildman–Crippen MR) is 44.1 cm³/mol. The molecular weight excluding hydrogens is 156 g/mol. The summed E-state index contributed by atoms with van der Waals surface area (Å²) in [5.74, 6) is 0. The lowest BCUT2D eigenvalue weighted by molar-refractivity contribution is 0.195. The Bertz CT molecular complexity index is 253. The van der Waals surface area contributed by atoms with Crippen LogP contribution in [0.1, 0.15) is 12.1 Å². The van der Waals surface area contributed by atoms with E-state index in [4.69, 9.17) is 9.15 Å². The molecule has 0 radical (unpaired) electrons. The molecule has 1 saturated heterocycles. The van der Waals surface area contributed by atoms with Gasteiger partial charge in [-0.2, -0.15) is 4.98 Å². The largest absolute Gasteiger partial charge is 0.432 e. The van der Waals surface area contributed by atoms with E-state index in [-0.39, 0.29) is 0 Å². The molecule has 2 heterocycles. The SMILES string of the molecule is Cc1coc(NC2CCOC2)n1. The molecule has 0 aliphatic carbocycles. The summed E-state index contributed by atoms with van der Waals surface area (Å²) in [6.45, 7) is 3.48. The summed E-state index contributed by atoms with van der Waals surface area (Å²) < 4.78 is 10.4. The van der Waals surface area contributed by atoms with Crippen molar-refractivity contribution >= 4 is 6.01 Å². The number of aromatic nitrogens is 1. The Hall–Kier alpha value is -1.03. The molecular formula is C8H12N2O2. The van der Waals surface area contributed by atoms with E-state index in [1.165, 1.54) is 0 Å². The summed E-state index contributed by atoms with van der Waals surface area (Å²) >= 11 is 0. The highest BCUT2D eigenvalue weighted by molar-refractivity contribution is 5.22. The average molecular weight is 168 g/mol. The van der Waals surface area contributed by atoms with Gasteiger partial charge in [0.25, 0.3) is 6.01 Å². The molecule has 0 saturated carbocycles. The Balaban J connectivity index is 1.94. The van der Waals surface area contributed by atoms with Crippen LogP contribution in [-0.4, -0.2) is 24.2 Å². The normalized spacial score (nSPS) is 22.9. The molecule has 0 amide bonds. The molecule has 2 rings (SSSR count). The lowest BCUT2D eigenvalue weighted by Gasteiger charge is -2.06. The number of nitrogens with one attached hydrogen (secondary N) is 1. The van der Waals surface area contributed by atoms with Gasteiger partial charge in [0, 0.05) is 6.61 Å². The van der Waals surface area contributed by atoms with Gasteiger partial charge in [-0.3, -0.25) is 0 Å². The molecule has 1 aliphatic rings. The van der Waals surface area contributed by atoms with Gasteiger partial charge in [-0.05, 0) is 13.3 Å². The quantitative estimate of drug-likeness (QED) is 0.720. The van der Waals surface area contributed by atoms with Crippen LogP contribution in [0.15, 0.2) is 10.7 Å². The van der Waals surface area contributed by atoms with E-state index in [1.54, 1.807) is 6.26 Å². The minimum atomic E-state index is 0.364. The third-order valence-electron chi connectivity index (χ3n) is 1.88. The second-order valence-electron chi connectivity index (χ2n) is 3.00. The molecule has 4 nitrogen and oxygen atoms in total. The smallest absolute Gasteiger partial charge is 0.295 e. The van der Waals surface area contributed by atoms with Crippen LogP contribution in [0.25, 0.3) is 0 Å². The molecule has 4 heteroatoms. The van der Waals surface area contributed by atoms with Crippen molar-refractivity contribution in [3.05, 3.63) is 12.0 Å². The predicted octanol–water partition coefficient (Wildman–Crippen LogP) is 1.18. The lowest BCUT2D eigenvalue weighted by atomic mass is 10.3. The molecule has 0 bridgehead atoms. The molecule has 12 heavy (non-hydrogen) atoms. The minimum Gasteiger partial charge on any atom is -0.432 e. The summed E-state index contributed by atoms with van der Waals surface area (Å²) in [6, 6.07) is 0.964. The van der Waals surface area contributed by atoms with E-state index in [9.17, 15) is 0 Å². The fourth-order valence-corrected chi connectivity index (χ4v) is 1.24. The van der Waals surface area contributed by atoms with Crippen molar-refractivity contribution in [1.29, 1.82) is 0 Å². The summed E-state index contributed by atoms with van der Waals surface area (Å²) in [4.78, 5) is 4.14. The van der Waals surface area contributed by atoms with Gasteiger partial charge in [0.15, 0.2) is 0 Å². The van der Waals surface area contributed by atoms with Crippen molar-refractivity contribution < 1.29 is 9.15 Å². The van der Waals surface area contributed by atoms with Gasteiger partial charge in [0.1, 0.15) is 6.26 Å². The zero-order valence-corrected chi connectivity index (χ0v) is 7.04. The van der Waals surface area contributed by atoms with Crippen molar-refractivity contribution in [2.24, 2.45) is 0 Å². The molecule has 66 valence electrons. The fraction of sp³-hybridized carbons (Fsp3) is 0.625. The second-order valence-corrected chi connectivity index (χ2v) is 3.00. The summed E-state index contributed by atoms with van der Waals surface area (Å²) in [7, 11) is 0. The zero-order valence-electron chi connectivity index (χ0n) is 7.04. The van der Waals surface area contributed by atoms with Gasteiger partial charge in [0.2, 0.25) is 0 Å². The number of oxazole rings is 1. The zero-order chi connectivity index (χ0) is 8.39. The Morgan fingerprint density at radius 1 is 1.67 bits per heavy atom. The molecule has 1 N–H and O–H groups in total. The van der Waals surface area contributed by atoms with Gasteiger partial charge >= 0.3 is 0 Å². The van der Waals surface area contributed by atoms with Crippen LogP contribution >= 0.6 is 0 Å². The fourth-order valence-electron chi connectivity index (χ4n) is 1.24. The summed E-state index contributed by atoms with van der Waals surface area (Å²) in [6.07, 6.45) is 2.67. The topological polar surface area (TPSA) is 47.3 Å². The van der Waals surface area contributed by atoms with Crippen molar-refractivity contribution in [3.8, 4) is 0 Å². The number of nitrogens with zero attached hydrogens (tertiary/aromatic N) is 1. The molecule has 1 aromatic rings. The third kappa shape index (κ3) is 1.58. The highest BCUT2D eigenvalue weighted by Gasteiger charge is 2.16. The Morgan fingerprint density at radius 3 is 3.17 bits per heavy atom. The Kier molecular flexibility index (Phi) is 1.99. The van der Waals surface area contributed by atoms with Crippen LogP contribution in [0, 0.1) is 6.92 Å². The maximum atomic E-state index is 5.20. The summed E-state index contributed by atoms with van der Waals surface area (Å²) in [5.41, 5.74) is 0.899. The van der Waals surface area contributed by atoms with Crippen LogP contribution in [0.4, 0.5) is 6.01 Å². The maximum absolute atomic E-state index is 5.20. The number of rotatable bonds is 2. The number of anilines is 1. The summed E-state index contributed by atoms with van der Waals surface area (Å²) in [5, 5.41) is 3.16. The highest BCUT2D eigenvalue weighted by Crippen LogP contribution is 2.12. The number of hydrogen-bond acceptors (Lipinski definition) is 4. The van der Waals surface area contributed by atoms with E-state index in [0.29, 0.717) is 12.1 Å². The standard InChI is InChI=1S/C8H12N2O2/c1-6-4-12-8(9-6)10-7-2-3-11-5-7/h4,7H,2-3,5H2,1H3,(H,9,10). The van der Waals surface area contributed by atoms with Crippen molar-refractivity contribution in [1.82, 2.24) is 4.98 Å². The average Bonchev–Trinajstić information content (AvgIpc) is 2.63. The first kappa shape index (κ1) is 7.61. The van der Waals surface area contributed by atoms with Crippen LogP contribution in [0.3, 0.4) is 0 Å². The second kappa shape index (κ2) is 3.15. The van der Waals surface area contributed by atoms with E-state index in [1.807, 2.05) is 6.92 Å². The third-order valence-corrected chi connectivity index (χ3v) is 1.88. The van der Waals surface area contributed by atoms with Crippen LogP contribution < -0.4 is 5.32 Å². The van der Waals surface area contributed by atoms with E-state index < -0.39 is 0 Å². The van der Waals surface area contributed by atoms with Crippen molar-refractivity contribution in [3.63, 3.8) is 0 Å². The van der Waals surface area contributed by atoms with E-state index >= 15 is 0 Å². The van der Waals surface area contributed by atoms with Crippen LogP contribution in [-0.2, 0) is 4.74 Å². The van der Waals surface area contributed by atoms with E-state index in [2.05, 4.69) is 10.3 Å². The Morgan fingerprint density at radius 2 is 2.58 bits per heavy atom. The molecule has 0 spiro atoms. The molecule has 1 unspecified atom stereocenters. The van der Waals surface area contributed by atoms with Gasteiger partial charge < -0.3 is 14.5 Å². The highest BCUT2D eigenvalue weighted by atomic mass is 16.5. The molecule has 1 fully saturated rings. The number of hydrogen-bond donors (Lipinski definition) is 1. The Labute approximate surface area is 70.9 Å². The van der Waals surface area contributed by atoms with Gasteiger partial charge in [0.05, 0.1) is 18.3 Å².